The van der Waals surface area contributed by atoms with E-state index < -0.39 is 0 Å². The van der Waals surface area contributed by atoms with Gasteiger partial charge in [0.05, 0.1) is 0 Å². The zero-order valence-electron chi connectivity index (χ0n) is 15.3. The van der Waals surface area contributed by atoms with Gasteiger partial charge in [-0.3, -0.25) is 0 Å². The van der Waals surface area contributed by atoms with E-state index in [4.69, 9.17) is 0 Å². The van der Waals surface area contributed by atoms with Gasteiger partial charge < -0.3 is 0 Å². The summed E-state index contributed by atoms with van der Waals surface area (Å²) >= 11 is 0. The first-order chi connectivity index (χ1) is 10.8. The van der Waals surface area contributed by atoms with Crippen LogP contribution in [0.3, 0.4) is 0 Å². The van der Waals surface area contributed by atoms with Gasteiger partial charge in [0.25, 0.3) is 0 Å². The van der Waals surface area contributed by atoms with Gasteiger partial charge in [0.1, 0.15) is 0 Å². The number of nitrogens with zero attached hydrogens (tertiary/aromatic N) is 1. The molecule has 1 aromatic rings. The normalized spacial score (nSPS) is 12.5. The van der Waals surface area contributed by atoms with Crippen molar-refractivity contribution in [2.24, 2.45) is 5.92 Å². The fourth-order valence-corrected chi connectivity index (χ4v) is 3.17. The summed E-state index contributed by atoms with van der Waals surface area (Å²) in [4.78, 5) is 0. The number of unbranched alkanes of at least 4 members (excludes halogenated alkanes) is 7. The number of pyridine rings is 1. The molecule has 0 aliphatic rings. The Kier molecular flexibility index (Phi) is 11.1. The van der Waals surface area contributed by atoms with Gasteiger partial charge in [0, 0.05) is 24.5 Å². The first-order valence-electron chi connectivity index (χ1n) is 9.75. The molecule has 1 heterocycles. The summed E-state index contributed by atoms with van der Waals surface area (Å²) in [6.07, 6.45) is 17.3. The van der Waals surface area contributed by atoms with Crippen molar-refractivity contribution in [3.63, 3.8) is 0 Å². The third-order valence-electron chi connectivity index (χ3n) is 4.63. The first kappa shape index (κ1) is 19.2. The molecule has 1 nitrogen and oxygen atoms in total. The molecule has 1 aromatic heterocycles. The van der Waals surface area contributed by atoms with E-state index in [2.05, 4.69) is 49.7 Å². The Labute approximate surface area is 139 Å². The molecule has 0 N–H and O–H groups in total. The highest BCUT2D eigenvalue weighted by Crippen LogP contribution is 2.12. The molecule has 0 aliphatic heterocycles. The predicted octanol–water partition coefficient (Wildman–Crippen LogP) is 6.09. The van der Waals surface area contributed by atoms with Crippen molar-refractivity contribution in [1.29, 1.82) is 0 Å². The summed E-state index contributed by atoms with van der Waals surface area (Å²) in [6.45, 7) is 8.18. The van der Waals surface area contributed by atoms with Crippen LogP contribution in [0.5, 0.6) is 0 Å². The van der Waals surface area contributed by atoms with Crippen molar-refractivity contribution < 1.29 is 4.57 Å². The molecule has 0 spiro atoms. The Hall–Kier alpha value is -0.850. The van der Waals surface area contributed by atoms with Crippen molar-refractivity contribution in [2.75, 3.05) is 0 Å². The maximum Gasteiger partial charge on any atom is 0.181 e. The van der Waals surface area contributed by atoms with Gasteiger partial charge in [-0.05, 0) is 12.8 Å². The molecule has 1 heteroatoms. The van der Waals surface area contributed by atoms with E-state index in [-0.39, 0.29) is 0 Å². The highest BCUT2D eigenvalue weighted by molar-refractivity contribution is 4.97. The fraction of sp³-hybridized carbons (Fsp3) is 0.762. The van der Waals surface area contributed by atoms with Crippen molar-refractivity contribution in [1.82, 2.24) is 0 Å². The van der Waals surface area contributed by atoms with Crippen molar-refractivity contribution in [2.45, 2.75) is 97.9 Å². The van der Waals surface area contributed by atoms with Crippen LogP contribution in [-0.2, 0) is 13.0 Å². The zero-order chi connectivity index (χ0) is 16.0. The predicted molar refractivity (Wildman–Crippen MR) is 97.0 cm³/mol. The van der Waals surface area contributed by atoms with E-state index in [9.17, 15) is 0 Å². The van der Waals surface area contributed by atoms with Crippen molar-refractivity contribution >= 4 is 0 Å². The fourth-order valence-electron chi connectivity index (χ4n) is 3.17. The lowest BCUT2D eigenvalue weighted by Crippen LogP contribution is -2.40. The van der Waals surface area contributed by atoms with Gasteiger partial charge in [0.2, 0.25) is 0 Å². The minimum atomic E-state index is 0.795. The van der Waals surface area contributed by atoms with E-state index in [1.165, 1.54) is 82.9 Å². The number of aryl methyl sites for hydroxylation is 1. The molecule has 0 bridgehead atoms. The largest absolute Gasteiger partial charge is 0.202 e. The summed E-state index contributed by atoms with van der Waals surface area (Å²) in [6, 6.07) is 6.71. The highest BCUT2D eigenvalue weighted by atomic mass is 15.0. The van der Waals surface area contributed by atoms with Crippen LogP contribution in [-0.4, -0.2) is 0 Å². The lowest BCUT2D eigenvalue weighted by Gasteiger charge is -2.10. The lowest BCUT2D eigenvalue weighted by atomic mass is 10.0. The molecule has 0 radical (unpaired) electrons. The Morgan fingerprint density at radius 3 is 2.27 bits per heavy atom. The van der Waals surface area contributed by atoms with Crippen LogP contribution < -0.4 is 4.57 Å². The summed E-state index contributed by atoms with van der Waals surface area (Å²) in [7, 11) is 0. The molecule has 0 aromatic carbocycles. The van der Waals surface area contributed by atoms with E-state index in [0.29, 0.717) is 0 Å². The molecule has 0 aliphatic carbocycles. The van der Waals surface area contributed by atoms with Crippen LogP contribution in [0.1, 0.15) is 90.7 Å². The number of aromatic nitrogens is 1. The van der Waals surface area contributed by atoms with Crippen LogP contribution in [0.25, 0.3) is 0 Å². The molecule has 1 atom stereocenters. The van der Waals surface area contributed by atoms with Crippen molar-refractivity contribution in [3.8, 4) is 0 Å². The second kappa shape index (κ2) is 12.7. The monoisotopic (exact) mass is 304 g/mol. The maximum atomic E-state index is 2.50. The van der Waals surface area contributed by atoms with E-state index in [0.717, 1.165) is 5.92 Å². The van der Waals surface area contributed by atoms with Crippen LogP contribution in [0, 0.1) is 5.92 Å². The lowest BCUT2D eigenvalue weighted by molar-refractivity contribution is -0.710. The van der Waals surface area contributed by atoms with Crippen LogP contribution in [0.4, 0.5) is 0 Å². The minimum absolute atomic E-state index is 0.795. The maximum absolute atomic E-state index is 2.50. The molecule has 1 unspecified atom stereocenters. The van der Waals surface area contributed by atoms with Gasteiger partial charge in [-0.2, -0.15) is 0 Å². The Balaban J connectivity index is 2.35. The summed E-state index contributed by atoms with van der Waals surface area (Å²) in [5.41, 5.74) is 1.53. The molecule has 0 amide bonds. The average Bonchev–Trinajstić information content (AvgIpc) is 2.53. The average molecular weight is 305 g/mol. The molecule has 0 saturated heterocycles. The molecular weight excluding hydrogens is 266 g/mol. The SMILES string of the molecule is CCCCCCCc1cccc[n+]1CC(C)CCCCCC. The highest BCUT2D eigenvalue weighted by Gasteiger charge is 2.13. The van der Waals surface area contributed by atoms with Crippen LogP contribution in [0.15, 0.2) is 24.4 Å². The molecule has 1 rings (SSSR count). The van der Waals surface area contributed by atoms with Gasteiger partial charge in [0.15, 0.2) is 18.4 Å². The standard InChI is InChI=1S/C21H38N/c1-4-6-8-10-12-16-21-17-13-14-18-22(21)19-20(3)15-11-9-7-5-2/h13-14,17-18,20H,4-12,15-16,19H2,1-3H3/q+1. The smallest absolute Gasteiger partial charge is 0.181 e. The number of hydrogen-bond acceptors (Lipinski definition) is 0. The molecular formula is C21H38N+. The van der Waals surface area contributed by atoms with Crippen LogP contribution >= 0.6 is 0 Å². The van der Waals surface area contributed by atoms with Crippen LogP contribution in [0.2, 0.25) is 0 Å². The minimum Gasteiger partial charge on any atom is -0.202 e. The third kappa shape index (κ3) is 8.56. The Bertz CT molecular complexity index is 372. The first-order valence-corrected chi connectivity index (χ1v) is 9.75. The van der Waals surface area contributed by atoms with Gasteiger partial charge >= 0.3 is 0 Å². The van der Waals surface area contributed by atoms with Gasteiger partial charge in [-0.1, -0.05) is 78.2 Å². The van der Waals surface area contributed by atoms with E-state index >= 15 is 0 Å². The molecule has 0 fully saturated rings. The topological polar surface area (TPSA) is 3.88 Å². The summed E-state index contributed by atoms with van der Waals surface area (Å²) in [5.74, 6) is 0.795. The number of hydrogen-bond donors (Lipinski definition) is 0. The molecule has 22 heavy (non-hydrogen) atoms. The van der Waals surface area contributed by atoms with Gasteiger partial charge in [-0.25, -0.2) is 4.57 Å². The second-order valence-corrected chi connectivity index (χ2v) is 6.96. The zero-order valence-corrected chi connectivity index (χ0v) is 15.3. The van der Waals surface area contributed by atoms with E-state index in [1.807, 2.05) is 0 Å². The quantitative estimate of drug-likeness (QED) is 0.306. The Morgan fingerprint density at radius 1 is 0.864 bits per heavy atom. The van der Waals surface area contributed by atoms with E-state index in [1.54, 1.807) is 0 Å². The second-order valence-electron chi connectivity index (χ2n) is 6.96. The number of rotatable bonds is 13. The Morgan fingerprint density at radius 2 is 1.55 bits per heavy atom. The van der Waals surface area contributed by atoms with Crippen molar-refractivity contribution in [3.05, 3.63) is 30.1 Å². The third-order valence-corrected chi connectivity index (χ3v) is 4.63. The van der Waals surface area contributed by atoms with Gasteiger partial charge in [-0.15, -0.1) is 0 Å². The molecule has 0 saturated carbocycles. The summed E-state index contributed by atoms with van der Waals surface area (Å²) in [5, 5.41) is 0. The summed E-state index contributed by atoms with van der Waals surface area (Å²) < 4.78 is 2.50. The molecule has 126 valence electrons.